The Labute approximate surface area is 156 Å². The number of rotatable bonds is 4. The van der Waals surface area contributed by atoms with Crippen molar-refractivity contribution >= 4 is 22.8 Å². The average molecular weight is 361 g/mol. The number of fused-ring (bicyclic) bond motifs is 1. The van der Waals surface area contributed by atoms with Crippen LogP contribution in [0.3, 0.4) is 0 Å². The lowest BCUT2D eigenvalue weighted by molar-refractivity contribution is -0.133. The zero-order chi connectivity index (χ0) is 18.6. The SMILES string of the molecule is O=C(OCC(=O)N1CCCC1)c1cc(-c2ccccn2)nc2ccccc12. The monoisotopic (exact) mass is 361 g/mol. The third-order valence-electron chi connectivity index (χ3n) is 4.65. The van der Waals surface area contributed by atoms with Crippen molar-refractivity contribution < 1.29 is 14.3 Å². The molecule has 0 N–H and O–H groups in total. The Morgan fingerprint density at radius 1 is 1.00 bits per heavy atom. The Morgan fingerprint density at radius 2 is 1.78 bits per heavy atom. The van der Waals surface area contributed by atoms with E-state index in [4.69, 9.17) is 4.74 Å². The Morgan fingerprint density at radius 3 is 2.56 bits per heavy atom. The fraction of sp³-hybridized carbons (Fsp3) is 0.238. The molecule has 6 nitrogen and oxygen atoms in total. The van der Waals surface area contributed by atoms with Crippen LogP contribution < -0.4 is 0 Å². The van der Waals surface area contributed by atoms with Crippen LogP contribution in [0.5, 0.6) is 0 Å². The molecule has 0 spiro atoms. The fourth-order valence-electron chi connectivity index (χ4n) is 3.25. The zero-order valence-electron chi connectivity index (χ0n) is 14.8. The summed E-state index contributed by atoms with van der Waals surface area (Å²) in [6.07, 6.45) is 3.68. The number of pyridine rings is 2. The molecule has 1 fully saturated rings. The number of aromatic nitrogens is 2. The number of esters is 1. The molecule has 27 heavy (non-hydrogen) atoms. The second-order valence-electron chi connectivity index (χ2n) is 6.45. The van der Waals surface area contributed by atoms with Gasteiger partial charge in [0, 0.05) is 24.7 Å². The highest BCUT2D eigenvalue weighted by atomic mass is 16.5. The Bertz CT molecular complexity index is 982. The van der Waals surface area contributed by atoms with Crippen molar-refractivity contribution in [3.8, 4) is 11.4 Å². The molecular weight excluding hydrogens is 342 g/mol. The standard InChI is InChI=1S/C21H19N3O3/c25-20(24-11-5-6-12-24)14-27-21(26)16-13-19(18-9-3-4-10-22-18)23-17-8-2-1-7-15(16)17/h1-4,7-10,13H,5-6,11-12,14H2. The normalized spacial score (nSPS) is 13.7. The van der Waals surface area contributed by atoms with Crippen LogP contribution in [-0.2, 0) is 9.53 Å². The molecule has 0 atom stereocenters. The molecule has 0 aliphatic carbocycles. The molecule has 136 valence electrons. The maximum absolute atomic E-state index is 12.7. The first-order valence-electron chi connectivity index (χ1n) is 8.98. The zero-order valence-corrected chi connectivity index (χ0v) is 14.8. The summed E-state index contributed by atoms with van der Waals surface area (Å²) in [5.74, 6) is -0.678. The Hall–Kier alpha value is -3.28. The summed E-state index contributed by atoms with van der Waals surface area (Å²) in [5.41, 5.74) is 2.33. The van der Waals surface area contributed by atoms with Crippen LogP contribution in [0.1, 0.15) is 23.2 Å². The fourth-order valence-corrected chi connectivity index (χ4v) is 3.25. The van der Waals surface area contributed by atoms with Crippen molar-refractivity contribution in [2.45, 2.75) is 12.8 Å². The van der Waals surface area contributed by atoms with Gasteiger partial charge in [-0.15, -0.1) is 0 Å². The lowest BCUT2D eigenvalue weighted by Gasteiger charge is -2.15. The van der Waals surface area contributed by atoms with Gasteiger partial charge in [-0.2, -0.15) is 0 Å². The van der Waals surface area contributed by atoms with Gasteiger partial charge in [-0.3, -0.25) is 9.78 Å². The van der Waals surface area contributed by atoms with E-state index in [-0.39, 0.29) is 12.5 Å². The summed E-state index contributed by atoms with van der Waals surface area (Å²) in [7, 11) is 0. The number of nitrogens with zero attached hydrogens (tertiary/aromatic N) is 3. The molecule has 0 unspecified atom stereocenters. The first-order chi connectivity index (χ1) is 13.2. The van der Waals surface area contributed by atoms with Crippen LogP contribution in [0.25, 0.3) is 22.3 Å². The van der Waals surface area contributed by atoms with Crippen molar-refractivity contribution in [3.63, 3.8) is 0 Å². The summed E-state index contributed by atoms with van der Waals surface area (Å²) in [6.45, 7) is 1.23. The van der Waals surface area contributed by atoms with E-state index in [2.05, 4.69) is 9.97 Å². The molecule has 4 rings (SSSR count). The second-order valence-corrected chi connectivity index (χ2v) is 6.45. The van der Waals surface area contributed by atoms with Crippen LogP contribution in [-0.4, -0.2) is 46.4 Å². The molecule has 2 aromatic heterocycles. The summed E-state index contributed by atoms with van der Waals surface area (Å²) in [4.78, 5) is 35.5. The molecule has 3 heterocycles. The third kappa shape index (κ3) is 3.65. The largest absolute Gasteiger partial charge is 0.452 e. The molecular formula is C21H19N3O3. The van der Waals surface area contributed by atoms with Gasteiger partial charge in [0.05, 0.1) is 22.5 Å². The molecule has 1 saturated heterocycles. The number of ether oxygens (including phenoxy) is 1. The highest BCUT2D eigenvalue weighted by Gasteiger charge is 2.21. The van der Waals surface area contributed by atoms with Gasteiger partial charge in [0.25, 0.3) is 5.91 Å². The van der Waals surface area contributed by atoms with Gasteiger partial charge in [-0.25, -0.2) is 9.78 Å². The van der Waals surface area contributed by atoms with E-state index in [1.807, 2.05) is 42.5 Å². The van der Waals surface area contributed by atoms with Crippen molar-refractivity contribution in [2.24, 2.45) is 0 Å². The molecule has 0 saturated carbocycles. The van der Waals surface area contributed by atoms with E-state index in [0.29, 0.717) is 27.9 Å². The first kappa shape index (κ1) is 17.1. The van der Waals surface area contributed by atoms with Gasteiger partial charge in [-0.05, 0) is 37.1 Å². The molecule has 0 bridgehead atoms. The molecule has 1 aliphatic heterocycles. The minimum absolute atomic E-state index is 0.149. The summed E-state index contributed by atoms with van der Waals surface area (Å²) >= 11 is 0. The van der Waals surface area contributed by atoms with Crippen molar-refractivity contribution in [2.75, 3.05) is 19.7 Å². The van der Waals surface area contributed by atoms with Crippen LogP contribution >= 0.6 is 0 Å². The summed E-state index contributed by atoms with van der Waals surface area (Å²) < 4.78 is 5.32. The predicted molar refractivity (Wildman–Crippen MR) is 101 cm³/mol. The Balaban J connectivity index is 1.63. The number of para-hydroxylation sites is 1. The molecule has 6 heteroatoms. The van der Waals surface area contributed by atoms with Gasteiger partial charge in [0.15, 0.2) is 6.61 Å². The quantitative estimate of drug-likeness (QED) is 0.668. The molecule has 1 aliphatic rings. The molecule has 3 aromatic rings. The predicted octanol–water partition coefficient (Wildman–Crippen LogP) is 3.08. The maximum atomic E-state index is 12.7. The van der Waals surface area contributed by atoms with E-state index in [9.17, 15) is 9.59 Å². The minimum atomic E-state index is -0.529. The van der Waals surface area contributed by atoms with Gasteiger partial charge in [0.2, 0.25) is 0 Å². The number of hydrogen-bond acceptors (Lipinski definition) is 5. The van der Waals surface area contributed by atoms with Gasteiger partial charge < -0.3 is 9.64 Å². The van der Waals surface area contributed by atoms with E-state index in [1.54, 1.807) is 17.2 Å². The Kier molecular flexibility index (Phi) is 4.78. The number of hydrogen-bond donors (Lipinski definition) is 0. The van der Waals surface area contributed by atoms with E-state index in [1.165, 1.54) is 0 Å². The summed E-state index contributed by atoms with van der Waals surface area (Å²) in [5, 5.41) is 0.691. The minimum Gasteiger partial charge on any atom is -0.452 e. The van der Waals surface area contributed by atoms with Crippen LogP contribution in [0, 0.1) is 0 Å². The van der Waals surface area contributed by atoms with Crippen molar-refractivity contribution in [1.29, 1.82) is 0 Å². The number of carbonyl (C=O) groups is 2. The van der Waals surface area contributed by atoms with Crippen LogP contribution in [0.15, 0.2) is 54.7 Å². The van der Waals surface area contributed by atoms with Gasteiger partial charge in [-0.1, -0.05) is 24.3 Å². The van der Waals surface area contributed by atoms with Gasteiger partial charge >= 0.3 is 5.97 Å². The smallest absolute Gasteiger partial charge is 0.339 e. The van der Waals surface area contributed by atoms with Crippen LogP contribution in [0.4, 0.5) is 0 Å². The number of benzene rings is 1. The maximum Gasteiger partial charge on any atom is 0.339 e. The van der Waals surface area contributed by atoms with E-state index >= 15 is 0 Å². The first-order valence-corrected chi connectivity index (χ1v) is 8.98. The number of amides is 1. The van der Waals surface area contributed by atoms with Crippen molar-refractivity contribution in [3.05, 3.63) is 60.3 Å². The molecule has 1 amide bonds. The molecule has 0 radical (unpaired) electrons. The van der Waals surface area contributed by atoms with Gasteiger partial charge in [0.1, 0.15) is 0 Å². The van der Waals surface area contributed by atoms with E-state index < -0.39 is 5.97 Å². The molecule has 1 aromatic carbocycles. The summed E-state index contributed by atoms with van der Waals surface area (Å²) in [6, 6.07) is 14.6. The van der Waals surface area contributed by atoms with Crippen LogP contribution in [0.2, 0.25) is 0 Å². The van der Waals surface area contributed by atoms with E-state index in [0.717, 1.165) is 25.9 Å². The lowest BCUT2D eigenvalue weighted by Crippen LogP contribution is -2.32. The number of likely N-dealkylation sites (tertiary alicyclic amines) is 1. The average Bonchev–Trinajstić information content (AvgIpc) is 3.26. The van der Waals surface area contributed by atoms with Crippen molar-refractivity contribution in [1.82, 2.24) is 14.9 Å². The topological polar surface area (TPSA) is 72.4 Å². The highest BCUT2D eigenvalue weighted by Crippen LogP contribution is 2.24. The second kappa shape index (κ2) is 7.53. The lowest BCUT2D eigenvalue weighted by atomic mass is 10.1. The third-order valence-corrected chi connectivity index (χ3v) is 4.65. The highest BCUT2D eigenvalue weighted by molar-refractivity contribution is 6.05. The number of carbonyl (C=O) groups excluding carboxylic acids is 2.